The maximum Gasteiger partial charge on any atom is 0.326 e. The van der Waals surface area contributed by atoms with E-state index in [1.807, 2.05) is 48.5 Å². The Hall–Kier alpha value is -3.33. The van der Waals surface area contributed by atoms with Gasteiger partial charge in [0, 0.05) is 5.69 Å². The second kappa shape index (κ2) is 9.86. The predicted molar refractivity (Wildman–Crippen MR) is 122 cm³/mol. The van der Waals surface area contributed by atoms with Crippen LogP contribution in [-0.4, -0.2) is 52.6 Å². The van der Waals surface area contributed by atoms with Gasteiger partial charge in [0.25, 0.3) is 0 Å². The number of methoxy groups -OCH3 is 1. The molecule has 4 rings (SSSR count). The Morgan fingerprint density at radius 2 is 2.00 bits per heavy atom. The van der Waals surface area contributed by atoms with Gasteiger partial charge in [-0.25, -0.2) is 4.98 Å². The number of benzene rings is 2. The molecule has 1 aliphatic rings. The number of aromatic amines is 1. The van der Waals surface area contributed by atoms with E-state index in [0.717, 1.165) is 16.8 Å². The van der Waals surface area contributed by atoms with Crippen LogP contribution in [0.3, 0.4) is 0 Å². The van der Waals surface area contributed by atoms with Crippen molar-refractivity contribution in [1.29, 1.82) is 0 Å². The lowest BCUT2D eigenvalue weighted by molar-refractivity contribution is -0.142. The zero-order valence-corrected chi connectivity index (χ0v) is 18.7. The van der Waals surface area contributed by atoms with E-state index in [-0.39, 0.29) is 19.1 Å². The van der Waals surface area contributed by atoms with Crippen molar-refractivity contribution in [2.45, 2.75) is 30.2 Å². The van der Waals surface area contributed by atoms with Gasteiger partial charge in [-0.3, -0.25) is 19.6 Å². The van der Waals surface area contributed by atoms with Crippen molar-refractivity contribution in [2.75, 3.05) is 25.2 Å². The Balaban J connectivity index is 1.57. The van der Waals surface area contributed by atoms with Gasteiger partial charge in [0.2, 0.25) is 11.1 Å². The summed E-state index contributed by atoms with van der Waals surface area (Å²) in [5.74, 6) is 0.661. The third-order valence-corrected chi connectivity index (χ3v) is 6.28. The summed E-state index contributed by atoms with van der Waals surface area (Å²) in [6.45, 7) is 1.89. The number of aryl methyl sites for hydroxylation is 1. The first-order valence-electron chi connectivity index (χ1n) is 10.4. The van der Waals surface area contributed by atoms with Crippen molar-refractivity contribution < 1.29 is 19.1 Å². The number of fused-ring (bicyclic) bond motifs is 1. The van der Waals surface area contributed by atoms with Crippen molar-refractivity contribution in [1.82, 2.24) is 15.2 Å². The number of nitrogens with zero attached hydrogens (tertiary/aromatic N) is 3. The fourth-order valence-electron chi connectivity index (χ4n) is 3.68. The number of ether oxygens (including phenoxy) is 2. The van der Waals surface area contributed by atoms with E-state index in [1.165, 1.54) is 16.7 Å². The lowest BCUT2D eigenvalue weighted by atomic mass is 10.1. The molecule has 0 radical (unpaired) electrons. The zero-order chi connectivity index (χ0) is 22.5. The predicted octanol–water partition coefficient (Wildman–Crippen LogP) is 3.48. The number of hydrogen-bond acceptors (Lipinski definition) is 7. The molecule has 1 unspecified atom stereocenters. The molecule has 1 aromatic heterocycles. The number of anilines is 1. The molecule has 0 bridgehead atoms. The highest BCUT2D eigenvalue weighted by atomic mass is 32.2. The maximum absolute atomic E-state index is 13.4. The Morgan fingerprint density at radius 3 is 2.81 bits per heavy atom. The molecular weight excluding hydrogens is 428 g/mol. The van der Waals surface area contributed by atoms with E-state index >= 15 is 0 Å². The first-order chi connectivity index (χ1) is 15.6. The van der Waals surface area contributed by atoms with Gasteiger partial charge in [0.15, 0.2) is 5.82 Å². The van der Waals surface area contributed by atoms with Crippen LogP contribution in [0.5, 0.6) is 5.75 Å². The number of nitrogens with one attached hydrogen (secondary N) is 1. The van der Waals surface area contributed by atoms with Crippen molar-refractivity contribution in [2.24, 2.45) is 0 Å². The zero-order valence-electron chi connectivity index (χ0n) is 17.9. The van der Waals surface area contributed by atoms with Gasteiger partial charge in [-0.15, -0.1) is 5.10 Å². The van der Waals surface area contributed by atoms with E-state index in [1.54, 1.807) is 14.0 Å². The quantitative estimate of drug-likeness (QED) is 0.548. The average molecular weight is 453 g/mol. The summed E-state index contributed by atoms with van der Waals surface area (Å²) in [4.78, 5) is 31.7. The summed E-state index contributed by atoms with van der Waals surface area (Å²) in [5.41, 5.74) is 2.56. The largest absolute Gasteiger partial charge is 0.496 e. The van der Waals surface area contributed by atoms with E-state index in [9.17, 15) is 9.59 Å². The number of esters is 1. The molecule has 0 aliphatic carbocycles. The molecule has 166 valence electrons. The molecule has 2 heterocycles. The lowest BCUT2D eigenvalue weighted by Crippen LogP contribution is -2.41. The molecule has 1 N–H and O–H groups in total. The molecule has 0 saturated carbocycles. The summed E-state index contributed by atoms with van der Waals surface area (Å²) in [5, 5.41) is 7.27. The number of aromatic nitrogens is 3. The Bertz CT molecular complexity index is 1120. The summed E-state index contributed by atoms with van der Waals surface area (Å²) in [6, 6.07) is 15.2. The molecule has 1 atom stereocenters. The standard InChI is InChI=1S/C23H24N4O4S/c1-3-31-20(28)14-27-17-10-6-4-8-15(17)12-13-19(22(27)29)32-23-24-21(25-26-23)16-9-5-7-11-18(16)30-2/h4-11,19H,3,12-14H2,1-2H3,(H,24,25,26). The monoisotopic (exact) mass is 452 g/mol. The van der Waals surface area contributed by atoms with Crippen LogP contribution < -0.4 is 9.64 Å². The van der Waals surface area contributed by atoms with Crippen molar-refractivity contribution >= 4 is 29.3 Å². The molecule has 32 heavy (non-hydrogen) atoms. The van der Waals surface area contributed by atoms with Crippen LogP contribution in [0.25, 0.3) is 11.4 Å². The molecule has 3 aromatic rings. The first-order valence-corrected chi connectivity index (χ1v) is 11.3. The van der Waals surface area contributed by atoms with Crippen LogP contribution in [-0.2, 0) is 20.7 Å². The average Bonchev–Trinajstić information content (AvgIpc) is 3.24. The van der Waals surface area contributed by atoms with Crippen molar-refractivity contribution in [3.63, 3.8) is 0 Å². The van der Waals surface area contributed by atoms with Gasteiger partial charge in [-0.2, -0.15) is 0 Å². The molecule has 2 aromatic carbocycles. The van der Waals surface area contributed by atoms with Gasteiger partial charge in [-0.05, 0) is 43.5 Å². The van der Waals surface area contributed by atoms with Crippen molar-refractivity contribution in [3.05, 3.63) is 54.1 Å². The van der Waals surface area contributed by atoms with Gasteiger partial charge in [0.05, 0.1) is 24.5 Å². The highest BCUT2D eigenvalue weighted by molar-refractivity contribution is 8.00. The molecule has 8 nitrogen and oxygen atoms in total. The second-order valence-corrected chi connectivity index (χ2v) is 8.34. The summed E-state index contributed by atoms with van der Waals surface area (Å²) in [7, 11) is 1.60. The third-order valence-electron chi connectivity index (χ3n) is 5.17. The van der Waals surface area contributed by atoms with Gasteiger partial charge in [-0.1, -0.05) is 42.1 Å². The SMILES string of the molecule is CCOC(=O)CN1C(=O)C(Sc2n[nH]c(-c3ccccc3OC)n2)CCc2ccccc21. The topological polar surface area (TPSA) is 97.4 Å². The fraction of sp³-hybridized carbons (Fsp3) is 0.304. The fourth-order valence-corrected chi connectivity index (χ4v) is 4.64. The highest BCUT2D eigenvalue weighted by Crippen LogP contribution is 2.34. The number of carbonyl (C=O) groups is 2. The van der Waals surface area contributed by atoms with Crippen LogP contribution in [0.2, 0.25) is 0 Å². The van der Waals surface area contributed by atoms with E-state index in [2.05, 4.69) is 15.2 Å². The maximum atomic E-state index is 13.4. The number of para-hydroxylation sites is 2. The van der Waals surface area contributed by atoms with Crippen LogP contribution in [0, 0.1) is 0 Å². The number of hydrogen-bond donors (Lipinski definition) is 1. The highest BCUT2D eigenvalue weighted by Gasteiger charge is 2.33. The lowest BCUT2D eigenvalue weighted by Gasteiger charge is -2.24. The van der Waals surface area contributed by atoms with Gasteiger partial charge >= 0.3 is 5.97 Å². The second-order valence-electron chi connectivity index (χ2n) is 7.17. The Morgan fingerprint density at radius 1 is 1.22 bits per heavy atom. The Kier molecular flexibility index (Phi) is 6.75. The molecule has 0 spiro atoms. The molecule has 1 aliphatic heterocycles. The molecule has 9 heteroatoms. The van der Waals surface area contributed by atoms with Crippen LogP contribution in [0.15, 0.2) is 53.7 Å². The third kappa shape index (κ3) is 4.62. The number of rotatable bonds is 7. The van der Waals surface area contributed by atoms with Gasteiger partial charge < -0.3 is 9.47 Å². The minimum Gasteiger partial charge on any atom is -0.496 e. The number of amides is 1. The summed E-state index contributed by atoms with van der Waals surface area (Å²) >= 11 is 1.29. The van der Waals surface area contributed by atoms with Gasteiger partial charge in [0.1, 0.15) is 12.3 Å². The van der Waals surface area contributed by atoms with E-state index in [4.69, 9.17) is 9.47 Å². The van der Waals surface area contributed by atoms with E-state index in [0.29, 0.717) is 29.6 Å². The minimum atomic E-state index is -0.433. The number of thioether (sulfide) groups is 1. The number of H-pyrrole nitrogens is 1. The van der Waals surface area contributed by atoms with Crippen molar-refractivity contribution in [3.8, 4) is 17.1 Å². The molecule has 0 saturated heterocycles. The minimum absolute atomic E-state index is 0.124. The van der Waals surface area contributed by atoms with E-state index < -0.39 is 11.2 Å². The number of carbonyl (C=O) groups excluding carboxylic acids is 2. The molecule has 0 fully saturated rings. The smallest absolute Gasteiger partial charge is 0.326 e. The van der Waals surface area contributed by atoms with Crippen LogP contribution in [0.1, 0.15) is 18.9 Å². The van der Waals surface area contributed by atoms with Crippen LogP contribution >= 0.6 is 11.8 Å². The molecule has 1 amide bonds. The summed E-state index contributed by atoms with van der Waals surface area (Å²) in [6.07, 6.45) is 1.32. The first kappa shape index (κ1) is 21.9. The Labute approximate surface area is 190 Å². The van der Waals surface area contributed by atoms with Crippen LogP contribution in [0.4, 0.5) is 5.69 Å². The normalized spacial score (nSPS) is 15.8. The summed E-state index contributed by atoms with van der Waals surface area (Å²) < 4.78 is 10.5. The molecular formula is C23H24N4O4S.